The molecule has 1 saturated carbocycles. The van der Waals surface area contributed by atoms with Crippen LogP contribution < -0.4 is 5.32 Å². The normalized spacial score (nSPS) is 18.8. The number of nitrogens with one attached hydrogen (secondary N) is 1. The Labute approximate surface area is 89.9 Å². The second kappa shape index (κ2) is 3.85. The minimum atomic E-state index is -0.833. The van der Waals surface area contributed by atoms with E-state index in [2.05, 4.69) is 5.32 Å². The van der Waals surface area contributed by atoms with Gasteiger partial charge in [0.2, 0.25) is 0 Å². The van der Waals surface area contributed by atoms with Gasteiger partial charge in [-0.1, -0.05) is 33.0 Å². The first-order valence-electron chi connectivity index (χ1n) is 4.85. The molecule has 1 rings (SSSR count). The van der Waals surface area contributed by atoms with Crippen LogP contribution in [0.1, 0.15) is 33.6 Å². The van der Waals surface area contributed by atoms with Gasteiger partial charge >= 0.3 is 5.97 Å². The number of rotatable bonds is 3. The van der Waals surface area contributed by atoms with Crippen LogP contribution in [0.2, 0.25) is 0 Å². The van der Waals surface area contributed by atoms with Gasteiger partial charge in [-0.15, -0.1) is 0 Å². The number of hydrogen-bond donors (Lipinski definition) is 2. The SMILES string of the molecule is CC(C)(C)[C@H](NC(=S)C1CC1)C(=O)O. The molecule has 0 unspecified atom stereocenters. The van der Waals surface area contributed by atoms with E-state index in [0.717, 1.165) is 12.8 Å². The molecule has 1 atom stereocenters. The molecule has 0 aromatic rings. The number of hydrogen-bond acceptors (Lipinski definition) is 2. The van der Waals surface area contributed by atoms with Crippen molar-refractivity contribution in [2.24, 2.45) is 11.3 Å². The van der Waals surface area contributed by atoms with Crippen molar-refractivity contribution in [1.82, 2.24) is 5.32 Å². The van der Waals surface area contributed by atoms with Crippen molar-refractivity contribution in [2.45, 2.75) is 39.7 Å². The maximum atomic E-state index is 11.0. The molecule has 1 fully saturated rings. The lowest BCUT2D eigenvalue weighted by atomic mass is 9.87. The Morgan fingerprint density at radius 3 is 2.29 bits per heavy atom. The summed E-state index contributed by atoms with van der Waals surface area (Å²) in [6, 6.07) is -0.587. The van der Waals surface area contributed by atoms with Gasteiger partial charge in [0, 0.05) is 5.92 Å². The second-order valence-corrected chi connectivity index (χ2v) is 5.36. The minimum absolute atomic E-state index is 0.315. The van der Waals surface area contributed by atoms with Crippen LogP contribution >= 0.6 is 12.2 Å². The highest BCUT2D eigenvalue weighted by molar-refractivity contribution is 7.80. The first kappa shape index (κ1) is 11.4. The lowest BCUT2D eigenvalue weighted by Crippen LogP contribution is -2.49. The van der Waals surface area contributed by atoms with Gasteiger partial charge in [0.25, 0.3) is 0 Å². The van der Waals surface area contributed by atoms with Crippen molar-refractivity contribution in [1.29, 1.82) is 0 Å². The number of carboxylic acid groups (broad SMARTS) is 1. The fourth-order valence-corrected chi connectivity index (χ4v) is 1.61. The summed E-state index contributed by atoms with van der Waals surface area (Å²) in [6.07, 6.45) is 2.20. The number of thiocarbonyl (C=S) groups is 1. The molecule has 3 nitrogen and oxygen atoms in total. The number of aliphatic carboxylic acids is 1. The van der Waals surface area contributed by atoms with Crippen molar-refractivity contribution >= 4 is 23.2 Å². The molecule has 0 saturated heterocycles. The maximum Gasteiger partial charge on any atom is 0.326 e. The highest BCUT2D eigenvalue weighted by Gasteiger charge is 2.35. The lowest BCUT2D eigenvalue weighted by molar-refractivity contribution is -0.141. The summed E-state index contributed by atoms with van der Waals surface area (Å²) in [5.41, 5.74) is -0.315. The van der Waals surface area contributed by atoms with Crippen LogP contribution in [0.15, 0.2) is 0 Å². The molecule has 0 aromatic heterocycles. The molecule has 4 heteroatoms. The third kappa shape index (κ3) is 2.94. The largest absolute Gasteiger partial charge is 0.480 e. The standard InChI is InChI=1S/C10H17NO2S/c1-10(2,3)7(9(12)13)11-8(14)6-4-5-6/h6-7H,4-5H2,1-3H3,(H,11,14)(H,12,13)/t7-/m1/s1. The van der Waals surface area contributed by atoms with E-state index in [0.29, 0.717) is 10.9 Å². The minimum Gasteiger partial charge on any atom is -0.480 e. The summed E-state index contributed by atoms with van der Waals surface area (Å²) >= 11 is 5.13. The van der Waals surface area contributed by atoms with E-state index in [1.165, 1.54) is 0 Å². The molecule has 0 radical (unpaired) electrons. The second-order valence-electron chi connectivity index (χ2n) is 4.92. The molecule has 2 N–H and O–H groups in total. The molecule has 14 heavy (non-hydrogen) atoms. The highest BCUT2D eigenvalue weighted by atomic mass is 32.1. The van der Waals surface area contributed by atoms with Crippen LogP contribution in [0.25, 0.3) is 0 Å². The van der Waals surface area contributed by atoms with Crippen LogP contribution in [0, 0.1) is 11.3 Å². The molecular weight excluding hydrogens is 198 g/mol. The molecule has 1 aliphatic carbocycles. The Kier molecular flexibility index (Phi) is 3.14. The zero-order valence-electron chi connectivity index (χ0n) is 8.83. The van der Waals surface area contributed by atoms with Gasteiger partial charge in [0.05, 0.1) is 4.99 Å². The summed E-state index contributed by atoms with van der Waals surface area (Å²) in [4.78, 5) is 11.7. The average Bonchev–Trinajstić information content (AvgIpc) is 2.78. The summed E-state index contributed by atoms with van der Waals surface area (Å²) in [5.74, 6) is -0.408. The van der Waals surface area contributed by atoms with Gasteiger partial charge in [0.15, 0.2) is 0 Å². The smallest absolute Gasteiger partial charge is 0.326 e. The molecule has 1 aliphatic rings. The monoisotopic (exact) mass is 215 g/mol. The Morgan fingerprint density at radius 2 is 2.00 bits per heavy atom. The van der Waals surface area contributed by atoms with Crippen LogP contribution in [0.5, 0.6) is 0 Å². The summed E-state index contributed by atoms with van der Waals surface area (Å²) in [6.45, 7) is 5.69. The van der Waals surface area contributed by atoms with Gasteiger partial charge < -0.3 is 10.4 Å². The summed E-state index contributed by atoms with van der Waals surface area (Å²) in [7, 11) is 0. The van der Waals surface area contributed by atoms with Crippen LogP contribution in [0.3, 0.4) is 0 Å². The van der Waals surface area contributed by atoms with E-state index < -0.39 is 12.0 Å². The molecular formula is C10H17NO2S. The van der Waals surface area contributed by atoms with Crippen LogP contribution in [0.4, 0.5) is 0 Å². The molecule has 0 aliphatic heterocycles. The quantitative estimate of drug-likeness (QED) is 0.705. The Morgan fingerprint density at radius 1 is 1.50 bits per heavy atom. The first-order valence-corrected chi connectivity index (χ1v) is 5.26. The van der Waals surface area contributed by atoms with E-state index >= 15 is 0 Å². The van der Waals surface area contributed by atoms with Gasteiger partial charge in [-0.2, -0.15) is 0 Å². The topological polar surface area (TPSA) is 49.3 Å². The third-order valence-corrected chi connectivity index (χ3v) is 2.80. The molecule has 0 amide bonds. The van der Waals surface area contributed by atoms with Crippen molar-refractivity contribution in [3.05, 3.63) is 0 Å². The summed E-state index contributed by atoms with van der Waals surface area (Å²) < 4.78 is 0. The molecule has 80 valence electrons. The van der Waals surface area contributed by atoms with E-state index in [1.54, 1.807) is 0 Å². The zero-order chi connectivity index (χ0) is 10.9. The van der Waals surface area contributed by atoms with Crippen molar-refractivity contribution < 1.29 is 9.90 Å². The molecule has 0 spiro atoms. The van der Waals surface area contributed by atoms with Gasteiger partial charge in [0.1, 0.15) is 6.04 Å². The van der Waals surface area contributed by atoms with E-state index in [4.69, 9.17) is 17.3 Å². The zero-order valence-corrected chi connectivity index (χ0v) is 9.65. The molecule has 0 heterocycles. The lowest BCUT2D eigenvalue weighted by Gasteiger charge is -2.28. The van der Waals surface area contributed by atoms with Crippen molar-refractivity contribution in [3.63, 3.8) is 0 Å². The Hall–Kier alpha value is -0.640. The highest BCUT2D eigenvalue weighted by Crippen LogP contribution is 2.31. The van der Waals surface area contributed by atoms with Crippen molar-refractivity contribution in [2.75, 3.05) is 0 Å². The van der Waals surface area contributed by atoms with Gasteiger partial charge in [-0.05, 0) is 18.3 Å². The van der Waals surface area contributed by atoms with E-state index in [1.807, 2.05) is 20.8 Å². The first-order chi connectivity index (χ1) is 6.32. The van der Waals surface area contributed by atoms with Gasteiger partial charge in [-0.25, -0.2) is 4.79 Å². The van der Waals surface area contributed by atoms with Crippen LogP contribution in [-0.2, 0) is 4.79 Å². The van der Waals surface area contributed by atoms with Crippen molar-refractivity contribution in [3.8, 4) is 0 Å². The van der Waals surface area contributed by atoms with E-state index in [-0.39, 0.29) is 5.41 Å². The van der Waals surface area contributed by atoms with E-state index in [9.17, 15) is 4.79 Å². The fraction of sp³-hybridized carbons (Fsp3) is 0.800. The fourth-order valence-electron chi connectivity index (χ4n) is 1.25. The molecule has 0 aromatic carbocycles. The maximum absolute atomic E-state index is 11.0. The number of carboxylic acids is 1. The summed E-state index contributed by atoms with van der Waals surface area (Å²) in [5, 5.41) is 12.0. The number of carbonyl (C=O) groups is 1. The van der Waals surface area contributed by atoms with Gasteiger partial charge in [-0.3, -0.25) is 0 Å². The average molecular weight is 215 g/mol. The third-order valence-electron chi connectivity index (χ3n) is 2.35. The Balaban J connectivity index is 2.59. The van der Waals surface area contributed by atoms with Crippen LogP contribution in [-0.4, -0.2) is 22.1 Å². The molecule has 0 bridgehead atoms. The predicted octanol–water partition coefficient (Wildman–Crippen LogP) is 1.81. The Bertz CT molecular complexity index is 253. The predicted molar refractivity (Wildman–Crippen MR) is 59.3 cm³/mol.